The monoisotopic (exact) mass is 219 g/mol. The van der Waals surface area contributed by atoms with Gasteiger partial charge in [-0.25, -0.2) is 0 Å². The van der Waals surface area contributed by atoms with Gasteiger partial charge in [-0.1, -0.05) is 6.92 Å². The zero-order valence-corrected chi connectivity index (χ0v) is 10.3. The van der Waals surface area contributed by atoms with Crippen molar-refractivity contribution in [2.24, 2.45) is 0 Å². The van der Waals surface area contributed by atoms with Crippen LogP contribution in [-0.4, -0.2) is 36.7 Å². The predicted molar refractivity (Wildman–Crippen MR) is 61.7 cm³/mol. The largest absolute Gasteiger partial charge is 0.369 e. The predicted octanol–water partition coefficient (Wildman–Crippen LogP) is 1.67. The van der Waals surface area contributed by atoms with Gasteiger partial charge in [0.2, 0.25) is 5.91 Å². The van der Waals surface area contributed by atoms with Crippen LogP contribution in [-0.2, 0) is 9.53 Å². The molecule has 0 saturated carbocycles. The molecule has 1 atom stereocenters. The molecule has 0 heterocycles. The molecule has 0 aromatic carbocycles. The minimum Gasteiger partial charge on any atom is -0.369 e. The van der Waals surface area contributed by atoms with Gasteiger partial charge in [0.05, 0.1) is 6.10 Å². The Balaban J connectivity index is 3.35. The summed E-state index contributed by atoms with van der Waals surface area (Å²) in [6, 6.07) is 0. The fourth-order valence-electron chi connectivity index (χ4n) is 0.826. The van der Waals surface area contributed by atoms with E-state index in [0.717, 1.165) is 13.0 Å². The van der Waals surface area contributed by atoms with Crippen LogP contribution >= 0.6 is 11.8 Å². The summed E-state index contributed by atoms with van der Waals surface area (Å²) in [5.74, 6) is -0.0213. The van der Waals surface area contributed by atoms with Crippen molar-refractivity contribution in [1.82, 2.24) is 5.32 Å². The molecule has 1 N–H and O–H groups in total. The zero-order valence-electron chi connectivity index (χ0n) is 9.50. The molecule has 84 valence electrons. The Morgan fingerprint density at radius 3 is 2.57 bits per heavy atom. The lowest BCUT2D eigenvalue weighted by molar-refractivity contribution is -0.127. The quantitative estimate of drug-likeness (QED) is 0.708. The van der Waals surface area contributed by atoms with Crippen LogP contribution in [0.5, 0.6) is 0 Å². The molecule has 0 aliphatic heterocycles. The Labute approximate surface area is 91.0 Å². The van der Waals surface area contributed by atoms with Crippen molar-refractivity contribution in [1.29, 1.82) is 0 Å². The first kappa shape index (κ1) is 13.8. The second-order valence-electron chi connectivity index (χ2n) is 3.54. The van der Waals surface area contributed by atoms with E-state index in [0.29, 0.717) is 5.25 Å². The maximum Gasteiger partial charge on any atom is 0.246 e. The van der Waals surface area contributed by atoms with Crippen molar-refractivity contribution in [3.63, 3.8) is 0 Å². The van der Waals surface area contributed by atoms with E-state index in [1.165, 1.54) is 0 Å². The van der Waals surface area contributed by atoms with Gasteiger partial charge in [0, 0.05) is 11.8 Å². The van der Waals surface area contributed by atoms with Crippen LogP contribution in [0.2, 0.25) is 0 Å². The number of nitrogens with one attached hydrogen (secondary N) is 1. The molecule has 0 aliphatic rings. The summed E-state index contributed by atoms with van der Waals surface area (Å²) >= 11 is 1.81. The summed E-state index contributed by atoms with van der Waals surface area (Å²) in [6.45, 7) is 6.90. The Morgan fingerprint density at radius 1 is 1.43 bits per heavy atom. The number of hydrogen-bond acceptors (Lipinski definition) is 3. The zero-order chi connectivity index (χ0) is 11.0. The van der Waals surface area contributed by atoms with E-state index in [1.54, 1.807) is 0 Å². The molecule has 0 spiro atoms. The van der Waals surface area contributed by atoms with Gasteiger partial charge in [0.15, 0.2) is 0 Å². The van der Waals surface area contributed by atoms with Gasteiger partial charge in [-0.15, -0.1) is 0 Å². The minimum atomic E-state index is -0.0213. The molecule has 0 saturated heterocycles. The van der Waals surface area contributed by atoms with E-state index in [4.69, 9.17) is 4.74 Å². The summed E-state index contributed by atoms with van der Waals surface area (Å²) in [5, 5.41) is 3.42. The third-order valence-corrected chi connectivity index (χ3v) is 2.86. The van der Waals surface area contributed by atoms with Crippen LogP contribution in [0.4, 0.5) is 0 Å². The van der Waals surface area contributed by atoms with Gasteiger partial charge in [0.1, 0.15) is 6.61 Å². The van der Waals surface area contributed by atoms with E-state index in [9.17, 15) is 4.79 Å². The van der Waals surface area contributed by atoms with Gasteiger partial charge in [-0.2, -0.15) is 11.8 Å². The molecule has 0 aromatic rings. The fraction of sp³-hybridized carbons (Fsp3) is 0.900. The number of thioether (sulfide) groups is 1. The van der Waals surface area contributed by atoms with E-state index >= 15 is 0 Å². The van der Waals surface area contributed by atoms with Crippen molar-refractivity contribution in [3.05, 3.63) is 0 Å². The maximum atomic E-state index is 11.2. The van der Waals surface area contributed by atoms with E-state index in [-0.39, 0.29) is 18.6 Å². The molecule has 3 nitrogen and oxygen atoms in total. The number of rotatable bonds is 7. The maximum absolute atomic E-state index is 11.2. The highest BCUT2D eigenvalue weighted by molar-refractivity contribution is 7.99. The van der Waals surface area contributed by atoms with Gasteiger partial charge < -0.3 is 10.1 Å². The molecule has 0 aliphatic carbocycles. The second-order valence-corrected chi connectivity index (χ2v) is 4.82. The summed E-state index contributed by atoms with van der Waals surface area (Å²) in [5.41, 5.74) is 0. The second kappa shape index (κ2) is 8.12. The molecule has 14 heavy (non-hydrogen) atoms. The molecule has 0 bridgehead atoms. The van der Waals surface area contributed by atoms with E-state index < -0.39 is 0 Å². The first-order valence-electron chi connectivity index (χ1n) is 4.97. The normalized spacial score (nSPS) is 12.9. The van der Waals surface area contributed by atoms with Crippen LogP contribution in [0.1, 0.15) is 27.2 Å². The van der Waals surface area contributed by atoms with Crippen molar-refractivity contribution < 1.29 is 9.53 Å². The number of carbonyl (C=O) groups is 1. The van der Waals surface area contributed by atoms with Crippen molar-refractivity contribution in [3.8, 4) is 0 Å². The number of amides is 1. The fourth-order valence-corrected chi connectivity index (χ4v) is 1.18. The van der Waals surface area contributed by atoms with E-state index in [2.05, 4.69) is 18.5 Å². The summed E-state index contributed by atoms with van der Waals surface area (Å²) in [4.78, 5) is 11.2. The van der Waals surface area contributed by atoms with Crippen LogP contribution in [0.3, 0.4) is 0 Å². The highest BCUT2D eigenvalue weighted by atomic mass is 32.2. The molecule has 0 fully saturated rings. The third-order valence-electron chi connectivity index (χ3n) is 1.82. The lowest BCUT2D eigenvalue weighted by Crippen LogP contribution is -2.30. The molecule has 0 rings (SSSR count). The lowest BCUT2D eigenvalue weighted by atomic mass is 10.3. The van der Waals surface area contributed by atoms with Crippen LogP contribution in [0.25, 0.3) is 0 Å². The highest BCUT2D eigenvalue weighted by Crippen LogP contribution is 2.07. The third kappa shape index (κ3) is 8.38. The first-order chi connectivity index (χ1) is 6.56. The minimum absolute atomic E-state index is 0.0213. The molecule has 1 amide bonds. The van der Waals surface area contributed by atoms with Crippen LogP contribution < -0.4 is 5.32 Å². The topological polar surface area (TPSA) is 38.3 Å². The standard InChI is InChI=1S/C10H21NO2S/c1-8(2)13-7-10(12)11-6-5-9(3)14-4/h8-9H,5-7H2,1-4H3,(H,11,12). The van der Waals surface area contributed by atoms with Gasteiger partial charge in [0.25, 0.3) is 0 Å². The molecular formula is C10H21NO2S. The Morgan fingerprint density at radius 2 is 2.07 bits per heavy atom. The molecule has 0 radical (unpaired) electrons. The Bertz CT molecular complexity index is 162. The van der Waals surface area contributed by atoms with Gasteiger partial charge in [-0.3, -0.25) is 4.79 Å². The summed E-state index contributed by atoms with van der Waals surface area (Å²) < 4.78 is 5.17. The Kier molecular flexibility index (Phi) is 7.99. The first-order valence-corrected chi connectivity index (χ1v) is 6.26. The SMILES string of the molecule is CSC(C)CCNC(=O)COC(C)C. The van der Waals surface area contributed by atoms with Crippen LogP contribution in [0, 0.1) is 0 Å². The Hall–Kier alpha value is -0.220. The smallest absolute Gasteiger partial charge is 0.246 e. The molecule has 1 unspecified atom stereocenters. The molecular weight excluding hydrogens is 198 g/mol. The van der Waals surface area contributed by atoms with Crippen molar-refractivity contribution in [2.45, 2.75) is 38.5 Å². The summed E-state index contributed by atoms with van der Waals surface area (Å²) in [6.07, 6.45) is 3.20. The molecule has 0 aromatic heterocycles. The summed E-state index contributed by atoms with van der Waals surface area (Å²) in [7, 11) is 0. The van der Waals surface area contributed by atoms with Crippen molar-refractivity contribution in [2.75, 3.05) is 19.4 Å². The van der Waals surface area contributed by atoms with Crippen molar-refractivity contribution >= 4 is 17.7 Å². The highest BCUT2D eigenvalue weighted by Gasteiger charge is 2.03. The molecule has 4 heteroatoms. The van der Waals surface area contributed by atoms with Gasteiger partial charge in [-0.05, 0) is 26.5 Å². The average molecular weight is 219 g/mol. The average Bonchev–Trinajstić information content (AvgIpc) is 2.14. The van der Waals surface area contributed by atoms with E-state index in [1.807, 2.05) is 25.6 Å². The van der Waals surface area contributed by atoms with Crippen LogP contribution in [0.15, 0.2) is 0 Å². The van der Waals surface area contributed by atoms with Gasteiger partial charge >= 0.3 is 0 Å². The number of carbonyl (C=O) groups excluding carboxylic acids is 1. The number of hydrogen-bond donors (Lipinski definition) is 1. The number of ether oxygens (including phenoxy) is 1. The lowest BCUT2D eigenvalue weighted by Gasteiger charge is -2.10.